The first-order chi connectivity index (χ1) is 12.0. The van der Waals surface area contributed by atoms with Gasteiger partial charge in [-0.3, -0.25) is 9.59 Å². The summed E-state index contributed by atoms with van der Waals surface area (Å²) < 4.78 is 13.0. The highest BCUT2D eigenvalue weighted by molar-refractivity contribution is 5.93. The average Bonchev–Trinajstić information content (AvgIpc) is 2.61. The number of hydrogen-bond acceptors (Lipinski definition) is 2. The van der Waals surface area contributed by atoms with Crippen molar-refractivity contribution in [3.8, 4) is 0 Å². The molecule has 0 fully saturated rings. The van der Waals surface area contributed by atoms with Gasteiger partial charge >= 0.3 is 0 Å². The number of halogens is 1. The van der Waals surface area contributed by atoms with E-state index in [1.165, 1.54) is 19.1 Å². The third-order valence-electron chi connectivity index (χ3n) is 4.01. The summed E-state index contributed by atoms with van der Waals surface area (Å²) in [4.78, 5) is 27.7. The van der Waals surface area contributed by atoms with Gasteiger partial charge in [-0.2, -0.15) is 0 Å². The summed E-state index contributed by atoms with van der Waals surface area (Å²) in [6, 6.07) is 15.5. The highest BCUT2D eigenvalue weighted by Gasteiger charge is 2.17. The fourth-order valence-electron chi connectivity index (χ4n) is 2.63. The molecule has 2 aromatic rings. The maximum absolute atomic E-state index is 13.0. The van der Waals surface area contributed by atoms with Gasteiger partial charge in [0.15, 0.2) is 0 Å². The molecule has 0 atom stereocenters. The molecule has 0 aromatic heterocycles. The van der Waals surface area contributed by atoms with E-state index in [4.69, 9.17) is 0 Å². The number of para-hydroxylation sites is 1. The van der Waals surface area contributed by atoms with Gasteiger partial charge in [-0.1, -0.05) is 30.3 Å². The Morgan fingerprint density at radius 3 is 2.20 bits per heavy atom. The van der Waals surface area contributed by atoms with Gasteiger partial charge in [0.25, 0.3) is 0 Å². The Morgan fingerprint density at radius 1 is 1.00 bits per heavy atom. The first-order valence-corrected chi connectivity index (χ1v) is 8.36. The lowest BCUT2D eigenvalue weighted by atomic mass is 10.2. The smallest absolute Gasteiger partial charge is 0.228 e. The van der Waals surface area contributed by atoms with Crippen LogP contribution >= 0.6 is 0 Å². The normalized spacial score (nSPS) is 10.4. The van der Waals surface area contributed by atoms with Gasteiger partial charge in [0, 0.05) is 38.7 Å². The van der Waals surface area contributed by atoms with E-state index in [1.54, 1.807) is 21.9 Å². The van der Waals surface area contributed by atoms with Gasteiger partial charge < -0.3 is 9.80 Å². The maximum atomic E-state index is 13.0. The van der Waals surface area contributed by atoms with Crippen molar-refractivity contribution in [2.45, 2.75) is 26.8 Å². The Morgan fingerprint density at radius 2 is 1.64 bits per heavy atom. The van der Waals surface area contributed by atoms with Gasteiger partial charge in [0.1, 0.15) is 5.82 Å². The van der Waals surface area contributed by atoms with Gasteiger partial charge in [0.05, 0.1) is 0 Å². The highest BCUT2D eigenvalue weighted by Crippen LogP contribution is 2.15. The van der Waals surface area contributed by atoms with Crippen molar-refractivity contribution >= 4 is 17.5 Å². The van der Waals surface area contributed by atoms with Crippen molar-refractivity contribution in [3.05, 3.63) is 66.0 Å². The summed E-state index contributed by atoms with van der Waals surface area (Å²) in [5.41, 5.74) is 1.68. The highest BCUT2D eigenvalue weighted by atomic mass is 19.1. The van der Waals surface area contributed by atoms with Crippen LogP contribution in [0.15, 0.2) is 54.6 Å². The van der Waals surface area contributed by atoms with Crippen LogP contribution in [-0.2, 0) is 16.1 Å². The number of hydrogen-bond donors (Lipinski definition) is 0. The number of nitrogens with zero attached hydrogens (tertiary/aromatic N) is 2. The Kier molecular flexibility index (Phi) is 6.69. The summed E-state index contributed by atoms with van der Waals surface area (Å²) in [6.45, 7) is 4.66. The lowest BCUT2D eigenvalue weighted by molar-refractivity contribution is -0.130. The fourth-order valence-corrected chi connectivity index (χ4v) is 2.63. The van der Waals surface area contributed by atoms with Crippen molar-refractivity contribution < 1.29 is 14.0 Å². The second-order valence-electron chi connectivity index (χ2n) is 5.79. The van der Waals surface area contributed by atoms with Crippen LogP contribution in [0.4, 0.5) is 10.1 Å². The van der Waals surface area contributed by atoms with Gasteiger partial charge in [-0.25, -0.2) is 4.39 Å². The van der Waals surface area contributed by atoms with Crippen LogP contribution in [-0.4, -0.2) is 29.8 Å². The Balaban J connectivity index is 1.98. The number of carbonyl (C=O) groups is 2. The van der Waals surface area contributed by atoms with Crippen molar-refractivity contribution in [3.63, 3.8) is 0 Å². The molecule has 2 amide bonds. The number of rotatable bonds is 7. The van der Waals surface area contributed by atoms with Crippen LogP contribution in [0.3, 0.4) is 0 Å². The molecule has 0 spiro atoms. The molecule has 25 heavy (non-hydrogen) atoms. The van der Waals surface area contributed by atoms with Gasteiger partial charge in [-0.15, -0.1) is 0 Å². The number of amides is 2. The molecule has 0 saturated heterocycles. The molecule has 0 unspecified atom stereocenters. The van der Waals surface area contributed by atoms with E-state index in [0.29, 0.717) is 19.6 Å². The van der Waals surface area contributed by atoms with E-state index in [9.17, 15) is 14.0 Å². The van der Waals surface area contributed by atoms with Crippen LogP contribution in [0.25, 0.3) is 0 Å². The third kappa shape index (κ3) is 5.41. The van der Waals surface area contributed by atoms with E-state index in [2.05, 4.69) is 0 Å². The molecule has 0 saturated carbocycles. The molecule has 2 rings (SSSR count). The van der Waals surface area contributed by atoms with Crippen LogP contribution in [0.2, 0.25) is 0 Å². The van der Waals surface area contributed by atoms with Crippen LogP contribution in [0.1, 0.15) is 25.8 Å². The summed E-state index contributed by atoms with van der Waals surface area (Å²) >= 11 is 0. The van der Waals surface area contributed by atoms with Crippen LogP contribution < -0.4 is 4.90 Å². The lowest BCUT2D eigenvalue weighted by Gasteiger charge is -2.24. The van der Waals surface area contributed by atoms with Crippen LogP contribution in [0.5, 0.6) is 0 Å². The molecule has 132 valence electrons. The van der Waals surface area contributed by atoms with Gasteiger partial charge in [-0.05, 0) is 36.8 Å². The Labute approximate surface area is 147 Å². The van der Waals surface area contributed by atoms with E-state index in [1.807, 2.05) is 37.3 Å². The Bertz CT molecular complexity index is 701. The summed E-state index contributed by atoms with van der Waals surface area (Å²) in [6.07, 6.45) is 0.240. The zero-order chi connectivity index (χ0) is 18.2. The Hall–Kier alpha value is -2.69. The quantitative estimate of drug-likeness (QED) is 0.771. The molecule has 0 aliphatic carbocycles. The summed E-state index contributed by atoms with van der Waals surface area (Å²) in [7, 11) is 0. The zero-order valence-electron chi connectivity index (χ0n) is 14.6. The minimum absolute atomic E-state index is 0.0287. The van der Waals surface area contributed by atoms with Crippen LogP contribution in [0, 0.1) is 5.82 Å². The first-order valence-electron chi connectivity index (χ1n) is 8.36. The lowest BCUT2D eigenvalue weighted by Crippen LogP contribution is -2.36. The molecule has 0 N–H and O–H groups in total. The maximum Gasteiger partial charge on any atom is 0.228 e. The zero-order valence-corrected chi connectivity index (χ0v) is 14.6. The van der Waals surface area contributed by atoms with Crippen molar-refractivity contribution in [2.24, 2.45) is 0 Å². The second-order valence-corrected chi connectivity index (χ2v) is 5.79. The average molecular weight is 342 g/mol. The van der Waals surface area contributed by atoms with Gasteiger partial charge in [0.2, 0.25) is 11.8 Å². The largest absolute Gasteiger partial charge is 0.338 e. The van der Waals surface area contributed by atoms with Crippen molar-refractivity contribution in [2.75, 3.05) is 18.0 Å². The summed E-state index contributed by atoms with van der Waals surface area (Å²) in [5.74, 6) is -0.450. The predicted molar refractivity (Wildman–Crippen MR) is 96.6 cm³/mol. The van der Waals surface area contributed by atoms with E-state index in [-0.39, 0.29) is 24.1 Å². The summed E-state index contributed by atoms with van der Waals surface area (Å²) in [5, 5.41) is 0. The van der Waals surface area contributed by atoms with Crippen molar-refractivity contribution in [1.29, 1.82) is 0 Å². The first kappa shape index (κ1) is 18.6. The molecular weight excluding hydrogens is 319 g/mol. The standard InChI is InChI=1S/C20H23FN2O2/c1-3-23(19-7-5-4-6-8-19)20(25)13-14-22(16(2)24)15-17-9-11-18(21)12-10-17/h4-12H,3,13-15H2,1-2H3. The molecule has 0 radical (unpaired) electrons. The fraction of sp³-hybridized carbons (Fsp3) is 0.300. The number of carbonyl (C=O) groups excluding carboxylic acids is 2. The third-order valence-corrected chi connectivity index (χ3v) is 4.01. The van der Waals surface area contributed by atoms with E-state index < -0.39 is 0 Å². The molecule has 5 heteroatoms. The molecule has 4 nitrogen and oxygen atoms in total. The molecule has 0 bridgehead atoms. The molecule has 2 aromatic carbocycles. The topological polar surface area (TPSA) is 40.6 Å². The second kappa shape index (κ2) is 8.97. The SMILES string of the molecule is CCN(C(=O)CCN(Cc1ccc(F)cc1)C(C)=O)c1ccccc1. The van der Waals surface area contributed by atoms with E-state index >= 15 is 0 Å². The molecular formula is C20H23FN2O2. The minimum Gasteiger partial charge on any atom is -0.338 e. The van der Waals surface area contributed by atoms with E-state index in [0.717, 1.165) is 11.3 Å². The molecule has 0 heterocycles. The predicted octanol–water partition coefficient (Wildman–Crippen LogP) is 3.62. The monoisotopic (exact) mass is 342 g/mol. The minimum atomic E-state index is -0.310. The number of anilines is 1. The van der Waals surface area contributed by atoms with Crippen molar-refractivity contribution in [1.82, 2.24) is 4.90 Å². The molecule has 0 aliphatic heterocycles. The number of benzene rings is 2. The molecule has 0 aliphatic rings.